The fourth-order valence-corrected chi connectivity index (χ4v) is 1.79. The Balaban J connectivity index is 0.000000200. The molecule has 6 heteroatoms. The van der Waals surface area contributed by atoms with Crippen LogP contribution in [0.4, 0.5) is 5.69 Å². The Kier molecular flexibility index (Phi) is 5.50. The van der Waals surface area contributed by atoms with Crippen LogP contribution in [-0.4, -0.2) is 8.42 Å². The Bertz CT molecular complexity index is 596. The lowest BCUT2D eigenvalue weighted by atomic mass is 10.2. The number of benzene rings is 2. The molecule has 0 bridgehead atoms. The van der Waals surface area contributed by atoms with E-state index >= 15 is 0 Å². The fourth-order valence-electron chi connectivity index (χ4n) is 1.27. The van der Waals surface area contributed by atoms with Gasteiger partial charge >= 0.3 is 0 Å². The molecule has 0 radical (unpaired) electrons. The van der Waals surface area contributed by atoms with E-state index in [1.165, 1.54) is 29.8 Å². The molecular weight excluding hydrogens is 262 g/mol. The lowest BCUT2D eigenvalue weighted by Gasteiger charge is -1.96. The number of rotatable bonds is 2. The van der Waals surface area contributed by atoms with Gasteiger partial charge in [-0.2, -0.15) is 0 Å². The summed E-state index contributed by atoms with van der Waals surface area (Å²) < 4.78 is 21.4. The Hall–Kier alpha value is -1.89. The second-order valence-electron chi connectivity index (χ2n) is 3.80. The first-order chi connectivity index (χ1) is 8.93. The number of nitrogen functional groups attached to an aromatic ring is 1. The zero-order valence-corrected chi connectivity index (χ0v) is 11.2. The molecule has 0 aromatic heterocycles. The standard InChI is InChI=1S/C7H9N.C6H8N2O2S/c8-6-7-4-2-1-3-5-7;7-5-1-3-6(4-2-5)11(8,9)10/h1-5H,6,8H2;1-4H,7H2,(H2,8,9,10). The van der Waals surface area contributed by atoms with Crippen LogP contribution in [0.1, 0.15) is 5.56 Å². The molecule has 0 heterocycles. The van der Waals surface area contributed by atoms with E-state index in [1.54, 1.807) is 0 Å². The minimum absolute atomic E-state index is 0.0756. The Morgan fingerprint density at radius 1 is 0.895 bits per heavy atom. The maximum Gasteiger partial charge on any atom is 0.238 e. The highest BCUT2D eigenvalue weighted by Crippen LogP contribution is 2.08. The largest absolute Gasteiger partial charge is 0.399 e. The molecule has 6 N–H and O–H groups in total. The van der Waals surface area contributed by atoms with E-state index < -0.39 is 10.0 Å². The molecule has 19 heavy (non-hydrogen) atoms. The highest BCUT2D eigenvalue weighted by atomic mass is 32.2. The number of sulfonamides is 1. The number of hydrogen-bond acceptors (Lipinski definition) is 4. The van der Waals surface area contributed by atoms with Crippen LogP contribution in [0.25, 0.3) is 0 Å². The zero-order valence-electron chi connectivity index (χ0n) is 10.4. The number of hydrogen-bond donors (Lipinski definition) is 3. The molecule has 0 aliphatic heterocycles. The molecule has 0 atom stereocenters. The highest BCUT2D eigenvalue weighted by Gasteiger charge is 2.04. The maximum atomic E-state index is 10.7. The summed E-state index contributed by atoms with van der Waals surface area (Å²) in [7, 11) is -3.58. The van der Waals surface area contributed by atoms with E-state index in [-0.39, 0.29) is 4.90 Å². The van der Waals surface area contributed by atoms with Gasteiger partial charge in [-0.15, -0.1) is 0 Å². The Morgan fingerprint density at radius 3 is 1.79 bits per heavy atom. The summed E-state index contributed by atoms with van der Waals surface area (Å²) in [5.74, 6) is 0. The van der Waals surface area contributed by atoms with Gasteiger partial charge in [-0.25, -0.2) is 13.6 Å². The van der Waals surface area contributed by atoms with Crippen LogP contribution < -0.4 is 16.6 Å². The van der Waals surface area contributed by atoms with Gasteiger partial charge in [0.2, 0.25) is 10.0 Å². The van der Waals surface area contributed by atoms with Crippen molar-refractivity contribution in [2.24, 2.45) is 10.9 Å². The van der Waals surface area contributed by atoms with E-state index in [1.807, 2.05) is 30.3 Å². The first kappa shape index (κ1) is 15.2. The molecule has 2 rings (SSSR count). The molecule has 0 unspecified atom stereocenters. The Morgan fingerprint density at radius 2 is 1.42 bits per heavy atom. The minimum atomic E-state index is -3.58. The molecule has 2 aromatic rings. The predicted octanol–water partition coefficient (Wildman–Crippen LogP) is 1.06. The van der Waals surface area contributed by atoms with Gasteiger partial charge in [0.15, 0.2) is 0 Å². The van der Waals surface area contributed by atoms with Crippen molar-refractivity contribution in [3.63, 3.8) is 0 Å². The summed E-state index contributed by atoms with van der Waals surface area (Å²) >= 11 is 0. The third-order valence-electron chi connectivity index (χ3n) is 2.29. The average Bonchev–Trinajstić information content (AvgIpc) is 2.40. The van der Waals surface area contributed by atoms with Gasteiger partial charge in [-0.1, -0.05) is 30.3 Å². The average molecular weight is 279 g/mol. The van der Waals surface area contributed by atoms with Crippen LogP contribution >= 0.6 is 0 Å². The van der Waals surface area contributed by atoms with E-state index in [4.69, 9.17) is 16.6 Å². The second-order valence-corrected chi connectivity index (χ2v) is 5.37. The van der Waals surface area contributed by atoms with Gasteiger partial charge in [0.25, 0.3) is 0 Å². The monoisotopic (exact) mass is 279 g/mol. The topological polar surface area (TPSA) is 112 Å². The van der Waals surface area contributed by atoms with Crippen molar-refractivity contribution in [1.82, 2.24) is 0 Å². The smallest absolute Gasteiger partial charge is 0.238 e. The summed E-state index contributed by atoms with van der Waals surface area (Å²) in [5, 5.41) is 4.84. The fraction of sp³-hybridized carbons (Fsp3) is 0.0769. The van der Waals surface area contributed by atoms with Gasteiger partial charge in [-0.3, -0.25) is 0 Å². The van der Waals surface area contributed by atoms with Crippen molar-refractivity contribution in [3.8, 4) is 0 Å². The van der Waals surface area contributed by atoms with Crippen LogP contribution in [-0.2, 0) is 16.6 Å². The van der Waals surface area contributed by atoms with Gasteiger partial charge < -0.3 is 11.5 Å². The normalized spacial score (nSPS) is 10.4. The van der Waals surface area contributed by atoms with Crippen molar-refractivity contribution >= 4 is 15.7 Å². The van der Waals surface area contributed by atoms with Crippen molar-refractivity contribution < 1.29 is 8.42 Å². The molecule has 0 aliphatic rings. The van der Waals surface area contributed by atoms with Crippen LogP contribution in [0, 0.1) is 0 Å². The summed E-state index contributed by atoms with van der Waals surface area (Å²) in [4.78, 5) is 0.0756. The molecular formula is C13H17N3O2S. The van der Waals surface area contributed by atoms with Crippen molar-refractivity contribution in [2.45, 2.75) is 11.4 Å². The van der Waals surface area contributed by atoms with Gasteiger partial charge in [0, 0.05) is 12.2 Å². The highest BCUT2D eigenvalue weighted by molar-refractivity contribution is 7.89. The summed E-state index contributed by atoms with van der Waals surface area (Å²) in [5.41, 5.74) is 12.4. The van der Waals surface area contributed by atoms with Crippen LogP contribution in [0.3, 0.4) is 0 Å². The molecule has 2 aromatic carbocycles. The van der Waals surface area contributed by atoms with E-state index in [2.05, 4.69) is 0 Å². The summed E-state index contributed by atoms with van der Waals surface area (Å²) in [6, 6.07) is 15.7. The molecule has 0 aliphatic carbocycles. The maximum absolute atomic E-state index is 10.7. The van der Waals surface area contributed by atoms with Gasteiger partial charge in [0.05, 0.1) is 4.90 Å². The molecule has 5 nitrogen and oxygen atoms in total. The quantitative estimate of drug-likeness (QED) is 0.713. The number of anilines is 1. The van der Waals surface area contributed by atoms with Crippen molar-refractivity contribution in [2.75, 3.05) is 5.73 Å². The molecule has 0 amide bonds. The number of primary sulfonamides is 1. The SMILES string of the molecule is NCc1ccccc1.Nc1ccc(S(N)(=O)=O)cc1. The van der Waals surface area contributed by atoms with Crippen molar-refractivity contribution in [1.29, 1.82) is 0 Å². The van der Waals surface area contributed by atoms with Crippen LogP contribution in [0.2, 0.25) is 0 Å². The molecule has 102 valence electrons. The lowest BCUT2D eigenvalue weighted by molar-refractivity contribution is 0.598. The van der Waals surface area contributed by atoms with Crippen LogP contribution in [0.5, 0.6) is 0 Å². The number of nitrogens with two attached hydrogens (primary N) is 3. The minimum Gasteiger partial charge on any atom is -0.399 e. The van der Waals surface area contributed by atoms with Crippen LogP contribution in [0.15, 0.2) is 59.5 Å². The first-order valence-electron chi connectivity index (χ1n) is 5.56. The van der Waals surface area contributed by atoms with E-state index in [9.17, 15) is 8.42 Å². The van der Waals surface area contributed by atoms with Gasteiger partial charge in [-0.05, 0) is 29.8 Å². The molecule has 0 spiro atoms. The molecule has 0 saturated heterocycles. The lowest BCUT2D eigenvalue weighted by Crippen LogP contribution is -2.11. The third kappa shape index (κ3) is 5.52. The van der Waals surface area contributed by atoms with E-state index in [0.717, 1.165) is 0 Å². The summed E-state index contributed by atoms with van der Waals surface area (Å²) in [6.45, 7) is 0.640. The third-order valence-corrected chi connectivity index (χ3v) is 3.22. The zero-order chi connectivity index (χ0) is 14.3. The van der Waals surface area contributed by atoms with Crippen molar-refractivity contribution in [3.05, 3.63) is 60.2 Å². The van der Waals surface area contributed by atoms with Gasteiger partial charge in [0.1, 0.15) is 0 Å². The predicted molar refractivity (Wildman–Crippen MR) is 76.6 cm³/mol. The molecule has 0 fully saturated rings. The second kappa shape index (κ2) is 6.89. The molecule has 0 saturated carbocycles. The summed E-state index contributed by atoms with van der Waals surface area (Å²) in [6.07, 6.45) is 0. The first-order valence-corrected chi connectivity index (χ1v) is 7.10. The van der Waals surface area contributed by atoms with E-state index in [0.29, 0.717) is 12.2 Å². The Labute approximate surface area is 113 Å².